The van der Waals surface area contributed by atoms with Crippen LogP contribution in [0.4, 0.5) is 18.9 Å². The minimum absolute atomic E-state index is 0.0301. The van der Waals surface area contributed by atoms with Gasteiger partial charge in [-0.3, -0.25) is 9.59 Å². The highest BCUT2D eigenvalue weighted by atomic mass is 19.4. The summed E-state index contributed by atoms with van der Waals surface area (Å²) >= 11 is 0. The lowest BCUT2D eigenvalue weighted by Gasteiger charge is -2.15. The zero-order valence-corrected chi connectivity index (χ0v) is 15.9. The topological polar surface area (TPSA) is 73.2 Å². The van der Waals surface area contributed by atoms with E-state index in [4.69, 9.17) is 4.74 Å². The van der Waals surface area contributed by atoms with Gasteiger partial charge in [-0.1, -0.05) is 6.92 Å². The zero-order valence-electron chi connectivity index (χ0n) is 15.9. The predicted octanol–water partition coefficient (Wildman–Crippen LogP) is 4.50. The Bertz CT molecular complexity index is 1030. The fourth-order valence-corrected chi connectivity index (χ4v) is 2.72. The summed E-state index contributed by atoms with van der Waals surface area (Å²) in [6.07, 6.45) is -1.34. The molecule has 3 rings (SSSR count). The third-order valence-electron chi connectivity index (χ3n) is 4.22. The second kappa shape index (κ2) is 8.81. The van der Waals surface area contributed by atoms with Crippen molar-refractivity contribution in [2.45, 2.75) is 19.5 Å². The van der Waals surface area contributed by atoms with Crippen molar-refractivity contribution in [3.63, 3.8) is 0 Å². The van der Waals surface area contributed by atoms with E-state index in [1.807, 2.05) is 0 Å². The molecule has 0 aliphatic heterocycles. The van der Waals surface area contributed by atoms with E-state index >= 15 is 0 Å². The molecule has 3 aromatic rings. The fourth-order valence-electron chi connectivity index (χ4n) is 2.72. The minimum atomic E-state index is -4.67. The summed E-state index contributed by atoms with van der Waals surface area (Å²) < 4.78 is 47.0. The number of amides is 1. The molecule has 1 aromatic heterocycles. The number of alkyl halides is 3. The molecule has 0 atom stereocenters. The molecule has 156 valence electrons. The average molecular weight is 417 g/mol. The number of nitrogens with zero attached hydrogens (tertiary/aromatic N) is 2. The van der Waals surface area contributed by atoms with Gasteiger partial charge < -0.3 is 10.1 Å². The van der Waals surface area contributed by atoms with Crippen molar-refractivity contribution in [2.24, 2.45) is 0 Å². The van der Waals surface area contributed by atoms with Crippen LogP contribution in [-0.4, -0.2) is 28.1 Å². The third-order valence-corrected chi connectivity index (χ3v) is 4.22. The van der Waals surface area contributed by atoms with Gasteiger partial charge in [-0.15, -0.1) is 0 Å². The predicted molar refractivity (Wildman–Crippen MR) is 104 cm³/mol. The van der Waals surface area contributed by atoms with Gasteiger partial charge in [0, 0.05) is 24.4 Å². The molecular formula is C21H18F3N3O3. The van der Waals surface area contributed by atoms with Gasteiger partial charge in [0.25, 0.3) is 5.91 Å². The molecule has 0 bridgehead atoms. The molecule has 0 spiro atoms. The van der Waals surface area contributed by atoms with Crippen LogP contribution in [0.5, 0.6) is 5.75 Å². The van der Waals surface area contributed by atoms with Gasteiger partial charge in [0.2, 0.25) is 0 Å². The first-order chi connectivity index (χ1) is 14.3. The van der Waals surface area contributed by atoms with Crippen molar-refractivity contribution >= 4 is 17.4 Å². The van der Waals surface area contributed by atoms with Gasteiger partial charge in [-0.2, -0.15) is 18.3 Å². The number of benzene rings is 2. The molecule has 1 N–H and O–H groups in total. The molecule has 0 radical (unpaired) electrons. The molecule has 30 heavy (non-hydrogen) atoms. The minimum Gasteiger partial charge on any atom is -0.484 e. The SMILES string of the molecule is CCC(=O)c1ccc(OCC(=O)Nc2ccc(-n3cccn3)cc2C(F)(F)F)cc1. The Hall–Kier alpha value is -3.62. The maximum Gasteiger partial charge on any atom is 0.418 e. The number of halogens is 3. The third kappa shape index (κ3) is 5.05. The van der Waals surface area contributed by atoms with E-state index in [1.54, 1.807) is 25.1 Å². The number of nitrogens with one attached hydrogen (secondary N) is 1. The van der Waals surface area contributed by atoms with Crippen LogP contribution < -0.4 is 10.1 Å². The van der Waals surface area contributed by atoms with Crippen molar-refractivity contribution in [1.29, 1.82) is 0 Å². The summed E-state index contributed by atoms with van der Waals surface area (Å²) in [6.45, 7) is 1.26. The van der Waals surface area contributed by atoms with Crippen LogP contribution >= 0.6 is 0 Å². The zero-order chi connectivity index (χ0) is 21.7. The Kier molecular flexibility index (Phi) is 6.20. The van der Waals surface area contributed by atoms with Crippen LogP contribution in [0.2, 0.25) is 0 Å². The first kappa shape index (κ1) is 21.1. The first-order valence-corrected chi connectivity index (χ1v) is 9.05. The highest BCUT2D eigenvalue weighted by Crippen LogP contribution is 2.36. The number of rotatable bonds is 7. The molecule has 0 fully saturated rings. The Balaban J connectivity index is 1.69. The monoisotopic (exact) mass is 417 g/mol. The first-order valence-electron chi connectivity index (χ1n) is 9.05. The van der Waals surface area contributed by atoms with E-state index in [0.717, 1.165) is 6.07 Å². The maximum absolute atomic E-state index is 13.5. The van der Waals surface area contributed by atoms with E-state index in [9.17, 15) is 22.8 Å². The van der Waals surface area contributed by atoms with Crippen LogP contribution in [0, 0.1) is 0 Å². The Morgan fingerprint density at radius 2 is 1.87 bits per heavy atom. The molecule has 1 amide bonds. The number of Topliss-reactive ketones (excluding diaryl/α,β-unsaturated/α-hetero) is 1. The number of aromatic nitrogens is 2. The summed E-state index contributed by atoms with van der Waals surface area (Å²) in [5, 5.41) is 6.14. The highest BCUT2D eigenvalue weighted by Gasteiger charge is 2.34. The van der Waals surface area contributed by atoms with Crippen LogP contribution in [0.25, 0.3) is 5.69 Å². The Morgan fingerprint density at radius 1 is 1.13 bits per heavy atom. The number of carbonyl (C=O) groups is 2. The lowest BCUT2D eigenvalue weighted by molar-refractivity contribution is -0.137. The number of anilines is 1. The maximum atomic E-state index is 13.5. The smallest absolute Gasteiger partial charge is 0.418 e. The van der Waals surface area contributed by atoms with E-state index in [2.05, 4.69) is 10.4 Å². The van der Waals surface area contributed by atoms with Gasteiger partial charge in [-0.05, 0) is 48.5 Å². The summed E-state index contributed by atoms with van der Waals surface area (Å²) in [5.41, 5.74) is -0.646. The van der Waals surface area contributed by atoms with Crippen molar-refractivity contribution in [3.8, 4) is 11.4 Å². The standard InChI is InChI=1S/C21H18F3N3O3/c1-2-19(28)14-4-7-16(8-5-14)30-13-20(29)26-18-9-6-15(27-11-3-10-25-27)12-17(18)21(22,23)24/h3-12H,2,13H2,1H3,(H,26,29). The van der Waals surface area contributed by atoms with Crippen LogP contribution in [0.1, 0.15) is 29.3 Å². The normalized spacial score (nSPS) is 11.2. The molecule has 2 aromatic carbocycles. The van der Waals surface area contributed by atoms with Crippen molar-refractivity contribution in [2.75, 3.05) is 11.9 Å². The lowest BCUT2D eigenvalue weighted by atomic mass is 10.1. The summed E-state index contributed by atoms with van der Waals surface area (Å²) in [5.74, 6) is -0.457. The van der Waals surface area contributed by atoms with Crippen molar-refractivity contribution < 1.29 is 27.5 Å². The number of ether oxygens (including phenoxy) is 1. The van der Waals surface area contributed by atoms with E-state index in [1.165, 1.54) is 41.3 Å². The molecule has 0 saturated heterocycles. The van der Waals surface area contributed by atoms with Crippen LogP contribution in [0.15, 0.2) is 60.9 Å². The number of ketones is 1. The number of hydrogen-bond acceptors (Lipinski definition) is 4. The number of hydrogen-bond donors (Lipinski definition) is 1. The average Bonchev–Trinajstić information content (AvgIpc) is 3.26. The molecule has 6 nitrogen and oxygen atoms in total. The second-order valence-corrected chi connectivity index (χ2v) is 6.32. The van der Waals surface area contributed by atoms with Gasteiger partial charge in [0.05, 0.1) is 16.9 Å². The molecule has 0 aliphatic rings. The van der Waals surface area contributed by atoms with Gasteiger partial charge in [0.15, 0.2) is 12.4 Å². The molecule has 1 heterocycles. The van der Waals surface area contributed by atoms with Crippen molar-refractivity contribution in [3.05, 3.63) is 72.1 Å². The van der Waals surface area contributed by atoms with E-state index in [0.29, 0.717) is 17.7 Å². The highest BCUT2D eigenvalue weighted by molar-refractivity contribution is 5.96. The summed E-state index contributed by atoms with van der Waals surface area (Å²) in [4.78, 5) is 23.7. The van der Waals surface area contributed by atoms with Crippen LogP contribution in [-0.2, 0) is 11.0 Å². The Morgan fingerprint density at radius 3 is 2.47 bits per heavy atom. The lowest BCUT2D eigenvalue weighted by Crippen LogP contribution is -2.22. The number of carbonyl (C=O) groups excluding carboxylic acids is 2. The van der Waals surface area contributed by atoms with Gasteiger partial charge in [-0.25, -0.2) is 4.68 Å². The van der Waals surface area contributed by atoms with Gasteiger partial charge in [0.1, 0.15) is 5.75 Å². The van der Waals surface area contributed by atoms with Crippen molar-refractivity contribution in [1.82, 2.24) is 9.78 Å². The molecule has 9 heteroatoms. The van der Waals surface area contributed by atoms with E-state index in [-0.39, 0.29) is 17.2 Å². The molecule has 0 unspecified atom stereocenters. The molecule has 0 saturated carbocycles. The Labute approximate surface area is 170 Å². The quantitative estimate of drug-likeness (QED) is 0.575. The fraction of sp³-hybridized carbons (Fsp3) is 0.190. The second-order valence-electron chi connectivity index (χ2n) is 6.32. The summed E-state index contributed by atoms with van der Waals surface area (Å²) in [7, 11) is 0. The molecular weight excluding hydrogens is 399 g/mol. The van der Waals surface area contributed by atoms with E-state index < -0.39 is 24.3 Å². The molecule has 0 aliphatic carbocycles. The summed E-state index contributed by atoms with van der Waals surface area (Å²) in [6, 6.07) is 11.3. The largest absolute Gasteiger partial charge is 0.484 e. The van der Waals surface area contributed by atoms with Crippen LogP contribution in [0.3, 0.4) is 0 Å². The van der Waals surface area contributed by atoms with Gasteiger partial charge >= 0.3 is 6.18 Å².